The second-order valence-electron chi connectivity index (χ2n) is 5.94. The number of imidazole rings is 1. The zero-order chi connectivity index (χ0) is 18.3. The summed E-state index contributed by atoms with van der Waals surface area (Å²) >= 11 is 0. The van der Waals surface area contributed by atoms with Crippen LogP contribution in [0.4, 0.5) is 0 Å². The Hall–Kier alpha value is -1.60. The molecule has 0 saturated heterocycles. The minimum atomic E-state index is -0.344. The number of fused-ring (bicyclic) bond motifs is 1. The van der Waals surface area contributed by atoms with Gasteiger partial charge in [-0.25, -0.2) is 9.78 Å². The van der Waals surface area contributed by atoms with Crippen LogP contribution in [0.3, 0.4) is 0 Å². The average molecular weight is 374 g/mol. The van der Waals surface area contributed by atoms with Gasteiger partial charge in [0.1, 0.15) is 5.82 Å². The lowest BCUT2D eigenvalue weighted by atomic mass is 10.4. The van der Waals surface area contributed by atoms with E-state index in [1.807, 2.05) is 18.4 Å². The summed E-state index contributed by atoms with van der Waals surface area (Å²) in [7, 11) is 3.12. The van der Waals surface area contributed by atoms with Crippen molar-refractivity contribution in [1.82, 2.24) is 24.0 Å². The summed E-state index contributed by atoms with van der Waals surface area (Å²) in [6.45, 7) is 11.3. The van der Waals surface area contributed by atoms with Crippen molar-refractivity contribution in [2.24, 2.45) is 14.1 Å². The molecule has 0 fully saturated rings. The van der Waals surface area contributed by atoms with Crippen LogP contribution in [0.25, 0.3) is 11.2 Å². The number of aryl methyl sites for hydroxylation is 3. The van der Waals surface area contributed by atoms with Crippen molar-refractivity contribution in [3.8, 4) is 0 Å². The van der Waals surface area contributed by atoms with E-state index in [0.29, 0.717) is 11.2 Å². The normalized spacial score (nSPS) is 10.3. The fourth-order valence-corrected chi connectivity index (χ4v) is 2.53. The van der Waals surface area contributed by atoms with Crippen molar-refractivity contribution in [3.63, 3.8) is 0 Å². The maximum Gasteiger partial charge on any atom is 0.332 e. The van der Waals surface area contributed by atoms with Crippen molar-refractivity contribution in [2.75, 3.05) is 13.1 Å². The number of aromatic nitrogens is 4. The molecule has 2 heterocycles. The SMILES string of the molecule is CCCNCCC.CCCn1c(C)nc2c1c(=O)n(C)c(=O)n2C.Cl. The Kier molecular flexibility index (Phi) is 10.4. The Labute approximate surface area is 155 Å². The first-order valence-electron chi connectivity index (χ1n) is 8.74. The van der Waals surface area contributed by atoms with Crippen LogP contribution in [0.2, 0.25) is 0 Å². The monoisotopic (exact) mass is 373 g/mol. The summed E-state index contributed by atoms with van der Waals surface area (Å²) in [5.74, 6) is 0.764. The third-order valence-electron chi connectivity index (χ3n) is 3.84. The highest BCUT2D eigenvalue weighted by Gasteiger charge is 2.16. The molecule has 0 aliphatic carbocycles. The first kappa shape index (κ1) is 23.4. The van der Waals surface area contributed by atoms with Crippen LogP contribution in [-0.2, 0) is 20.6 Å². The van der Waals surface area contributed by atoms with Gasteiger partial charge in [0, 0.05) is 20.6 Å². The molecule has 0 amide bonds. The molecule has 0 aliphatic heterocycles. The van der Waals surface area contributed by atoms with Crippen LogP contribution in [-0.4, -0.2) is 31.8 Å². The fraction of sp³-hybridized carbons (Fsp3) is 0.706. The predicted octanol–water partition coefficient (Wildman–Crippen LogP) is 1.97. The van der Waals surface area contributed by atoms with Gasteiger partial charge in [-0.2, -0.15) is 0 Å². The lowest BCUT2D eigenvalue weighted by molar-refractivity contribution is 0.662. The number of hydrogen-bond donors (Lipinski definition) is 1. The lowest BCUT2D eigenvalue weighted by Crippen LogP contribution is -2.37. The zero-order valence-electron chi connectivity index (χ0n) is 16.3. The fourth-order valence-electron chi connectivity index (χ4n) is 2.53. The second-order valence-corrected chi connectivity index (χ2v) is 5.94. The first-order valence-corrected chi connectivity index (χ1v) is 8.74. The van der Waals surface area contributed by atoms with E-state index in [4.69, 9.17) is 0 Å². The largest absolute Gasteiger partial charge is 0.332 e. The Morgan fingerprint density at radius 1 is 0.960 bits per heavy atom. The molecule has 0 saturated carbocycles. The van der Waals surface area contributed by atoms with E-state index >= 15 is 0 Å². The summed E-state index contributed by atoms with van der Waals surface area (Å²) in [6, 6.07) is 0. The second kappa shape index (κ2) is 11.1. The zero-order valence-corrected chi connectivity index (χ0v) is 17.1. The summed E-state index contributed by atoms with van der Waals surface area (Å²) < 4.78 is 4.41. The maximum absolute atomic E-state index is 12.1. The number of hydrogen-bond acceptors (Lipinski definition) is 4. The van der Waals surface area contributed by atoms with Crippen molar-refractivity contribution in [1.29, 1.82) is 0 Å². The van der Waals surface area contributed by atoms with Gasteiger partial charge in [-0.15, -0.1) is 12.4 Å². The van der Waals surface area contributed by atoms with Crippen LogP contribution < -0.4 is 16.6 Å². The average Bonchev–Trinajstić information content (AvgIpc) is 2.89. The number of nitrogens with zero attached hydrogens (tertiary/aromatic N) is 4. The van der Waals surface area contributed by atoms with Gasteiger partial charge in [0.05, 0.1) is 0 Å². The van der Waals surface area contributed by atoms with Gasteiger partial charge < -0.3 is 9.88 Å². The van der Waals surface area contributed by atoms with Gasteiger partial charge in [0.25, 0.3) is 5.56 Å². The van der Waals surface area contributed by atoms with E-state index < -0.39 is 0 Å². The van der Waals surface area contributed by atoms with Crippen molar-refractivity contribution >= 4 is 23.6 Å². The van der Waals surface area contributed by atoms with Gasteiger partial charge in [-0.3, -0.25) is 13.9 Å². The highest BCUT2D eigenvalue weighted by atomic mass is 35.5. The van der Waals surface area contributed by atoms with Gasteiger partial charge in [0.2, 0.25) is 0 Å². The van der Waals surface area contributed by atoms with Crippen molar-refractivity contribution < 1.29 is 0 Å². The molecule has 0 atom stereocenters. The smallest absolute Gasteiger partial charge is 0.322 e. The Balaban J connectivity index is 0.000000620. The van der Waals surface area contributed by atoms with Crippen molar-refractivity contribution in [2.45, 2.75) is 53.5 Å². The van der Waals surface area contributed by atoms with Crippen molar-refractivity contribution in [3.05, 3.63) is 26.7 Å². The molecule has 0 unspecified atom stereocenters. The summed E-state index contributed by atoms with van der Waals surface area (Å²) in [5, 5.41) is 3.28. The molecule has 2 aromatic heterocycles. The van der Waals surface area contributed by atoms with E-state index in [1.54, 1.807) is 7.05 Å². The van der Waals surface area contributed by atoms with Crippen LogP contribution in [0.15, 0.2) is 9.59 Å². The summed E-state index contributed by atoms with van der Waals surface area (Å²) in [4.78, 5) is 28.2. The van der Waals surface area contributed by atoms with Crippen LogP contribution >= 0.6 is 12.4 Å². The van der Waals surface area contributed by atoms with Gasteiger partial charge in [-0.1, -0.05) is 20.8 Å². The molecule has 25 heavy (non-hydrogen) atoms. The molecular formula is C17H32ClN5O2. The van der Waals surface area contributed by atoms with E-state index in [0.717, 1.165) is 23.4 Å². The molecular weight excluding hydrogens is 342 g/mol. The number of halogens is 1. The third kappa shape index (κ3) is 5.44. The molecule has 2 aromatic rings. The van der Waals surface area contributed by atoms with Crippen LogP contribution in [0, 0.1) is 6.92 Å². The minimum Gasteiger partial charge on any atom is -0.322 e. The first-order chi connectivity index (χ1) is 11.4. The standard InChI is InChI=1S/C11H16N4O2.C6H15N.ClH/c1-5-6-15-7(2)12-9-8(15)10(16)14(4)11(17)13(9)3;1-3-5-7-6-4-2;/h5-6H2,1-4H3;7H,3-6H2,1-2H3;1H. The van der Waals surface area contributed by atoms with E-state index in [1.165, 1.54) is 37.5 Å². The molecule has 1 N–H and O–H groups in total. The Morgan fingerprint density at radius 3 is 2.00 bits per heavy atom. The lowest BCUT2D eigenvalue weighted by Gasteiger charge is -2.06. The van der Waals surface area contributed by atoms with E-state index in [-0.39, 0.29) is 23.7 Å². The van der Waals surface area contributed by atoms with Gasteiger partial charge >= 0.3 is 5.69 Å². The molecule has 0 radical (unpaired) electrons. The molecule has 2 rings (SSSR count). The van der Waals surface area contributed by atoms with Gasteiger partial charge in [-0.05, 0) is 39.3 Å². The topological polar surface area (TPSA) is 73.8 Å². The van der Waals surface area contributed by atoms with E-state index in [2.05, 4.69) is 24.1 Å². The molecule has 0 bridgehead atoms. The molecule has 8 heteroatoms. The maximum atomic E-state index is 12.1. The molecule has 0 aliphatic rings. The molecule has 0 aromatic carbocycles. The summed E-state index contributed by atoms with van der Waals surface area (Å²) in [6.07, 6.45) is 3.41. The van der Waals surface area contributed by atoms with Gasteiger partial charge in [0.15, 0.2) is 11.2 Å². The summed E-state index contributed by atoms with van der Waals surface area (Å²) in [5.41, 5.74) is 0.346. The highest BCUT2D eigenvalue weighted by molar-refractivity contribution is 5.85. The molecule has 0 spiro atoms. The predicted molar refractivity (Wildman–Crippen MR) is 106 cm³/mol. The third-order valence-corrected chi connectivity index (χ3v) is 3.84. The molecule has 144 valence electrons. The van der Waals surface area contributed by atoms with Crippen LogP contribution in [0.5, 0.6) is 0 Å². The quantitative estimate of drug-likeness (QED) is 0.785. The number of nitrogens with one attached hydrogen (secondary N) is 1. The van der Waals surface area contributed by atoms with Crippen LogP contribution in [0.1, 0.15) is 45.9 Å². The molecule has 7 nitrogen and oxygen atoms in total. The Bertz CT molecular complexity index is 772. The van der Waals surface area contributed by atoms with E-state index in [9.17, 15) is 9.59 Å². The minimum absolute atomic E-state index is 0. The highest BCUT2D eigenvalue weighted by Crippen LogP contribution is 2.10. The Morgan fingerprint density at radius 2 is 1.52 bits per heavy atom. The number of rotatable bonds is 6.